The second-order valence-electron chi connectivity index (χ2n) is 2.95. The Morgan fingerprint density at radius 2 is 2.21 bits per heavy atom. The first-order valence-electron chi connectivity index (χ1n) is 4.68. The summed E-state index contributed by atoms with van der Waals surface area (Å²) in [5.74, 6) is 0.859. The van der Waals surface area contributed by atoms with Gasteiger partial charge in [-0.15, -0.1) is 0 Å². The summed E-state index contributed by atoms with van der Waals surface area (Å²) in [5, 5.41) is 1.09. The van der Waals surface area contributed by atoms with Crippen LogP contribution in [0.4, 0.5) is 0 Å². The van der Waals surface area contributed by atoms with Gasteiger partial charge in [0, 0.05) is 23.7 Å². The van der Waals surface area contributed by atoms with Crippen molar-refractivity contribution in [3.63, 3.8) is 0 Å². The maximum absolute atomic E-state index is 5.48. The Hall–Kier alpha value is -1.48. The van der Waals surface area contributed by atoms with E-state index in [4.69, 9.17) is 9.47 Å². The molecular weight excluding hydrogens is 178 g/mol. The number of benzene rings is 1. The third kappa shape index (κ3) is 1.72. The van der Waals surface area contributed by atoms with Gasteiger partial charge < -0.3 is 14.5 Å². The van der Waals surface area contributed by atoms with Gasteiger partial charge in [0.2, 0.25) is 0 Å². The first-order chi connectivity index (χ1) is 6.92. The largest absolute Gasteiger partial charge is 0.467 e. The monoisotopic (exact) mass is 191 g/mol. The van der Waals surface area contributed by atoms with Crippen LogP contribution in [0.5, 0.6) is 5.75 Å². The van der Waals surface area contributed by atoms with E-state index in [1.54, 1.807) is 0 Å². The molecule has 2 aromatic rings. The molecule has 1 aromatic heterocycles. The van der Waals surface area contributed by atoms with Crippen LogP contribution in [-0.4, -0.2) is 18.4 Å². The van der Waals surface area contributed by atoms with Crippen molar-refractivity contribution < 1.29 is 9.47 Å². The van der Waals surface area contributed by atoms with Gasteiger partial charge in [-0.3, -0.25) is 0 Å². The molecule has 0 saturated heterocycles. The van der Waals surface area contributed by atoms with Crippen molar-refractivity contribution in [2.45, 2.75) is 6.92 Å². The number of rotatable bonds is 4. The second kappa shape index (κ2) is 4.15. The summed E-state index contributed by atoms with van der Waals surface area (Å²) < 4.78 is 10.6. The number of hydrogen-bond donors (Lipinski definition) is 1. The third-order valence-electron chi connectivity index (χ3n) is 2.06. The van der Waals surface area contributed by atoms with Gasteiger partial charge in [-0.2, -0.15) is 0 Å². The Labute approximate surface area is 82.6 Å². The molecule has 0 aliphatic heterocycles. The molecule has 0 radical (unpaired) electrons. The minimum Gasteiger partial charge on any atom is -0.467 e. The van der Waals surface area contributed by atoms with Gasteiger partial charge in [-0.25, -0.2) is 0 Å². The number of ether oxygens (including phenoxy) is 2. The highest BCUT2D eigenvalue weighted by atomic mass is 16.7. The van der Waals surface area contributed by atoms with E-state index in [0.29, 0.717) is 13.4 Å². The molecule has 0 aliphatic carbocycles. The van der Waals surface area contributed by atoms with Gasteiger partial charge in [0.15, 0.2) is 6.79 Å². The molecule has 0 atom stereocenters. The van der Waals surface area contributed by atoms with Gasteiger partial charge in [0.05, 0.1) is 0 Å². The second-order valence-corrected chi connectivity index (χ2v) is 2.95. The standard InChI is InChI=1S/C11H13NO2/c1-2-13-8-14-11-5-3-4-10-9(11)6-7-12-10/h3-7,12H,2,8H2,1H3. The zero-order valence-electron chi connectivity index (χ0n) is 8.12. The van der Waals surface area contributed by atoms with Crippen molar-refractivity contribution in [3.8, 4) is 5.75 Å². The van der Waals surface area contributed by atoms with E-state index < -0.39 is 0 Å². The molecule has 1 aromatic carbocycles. The summed E-state index contributed by atoms with van der Waals surface area (Å²) in [4.78, 5) is 3.13. The highest BCUT2D eigenvalue weighted by Crippen LogP contribution is 2.24. The molecule has 0 spiro atoms. The lowest BCUT2D eigenvalue weighted by molar-refractivity contribution is 0.0233. The van der Waals surface area contributed by atoms with Crippen LogP contribution < -0.4 is 4.74 Å². The van der Waals surface area contributed by atoms with Crippen molar-refractivity contribution in [1.82, 2.24) is 4.98 Å². The zero-order chi connectivity index (χ0) is 9.80. The maximum Gasteiger partial charge on any atom is 0.189 e. The van der Waals surface area contributed by atoms with Crippen LogP contribution in [0.1, 0.15) is 6.92 Å². The summed E-state index contributed by atoms with van der Waals surface area (Å²) in [6.45, 7) is 2.92. The Bertz CT molecular complexity index is 408. The molecule has 0 saturated carbocycles. The highest BCUT2D eigenvalue weighted by molar-refractivity contribution is 5.85. The molecule has 2 rings (SSSR count). The molecule has 0 fully saturated rings. The van der Waals surface area contributed by atoms with Crippen LogP contribution in [-0.2, 0) is 4.74 Å². The number of H-pyrrole nitrogens is 1. The molecule has 1 heterocycles. The number of nitrogens with one attached hydrogen (secondary N) is 1. The maximum atomic E-state index is 5.48. The summed E-state index contributed by atoms with van der Waals surface area (Å²) >= 11 is 0. The van der Waals surface area contributed by atoms with Gasteiger partial charge in [0.25, 0.3) is 0 Å². The number of fused-ring (bicyclic) bond motifs is 1. The summed E-state index contributed by atoms with van der Waals surface area (Å²) in [6, 6.07) is 7.91. The smallest absolute Gasteiger partial charge is 0.189 e. The van der Waals surface area contributed by atoms with E-state index in [1.807, 2.05) is 37.4 Å². The summed E-state index contributed by atoms with van der Waals surface area (Å²) in [7, 11) is 0. The summed E-state index contributed by atoms with van der Waals surface area (Å²) in [6.07, 6.45) is 1.90. The van der Waals surface area contributed by atoms with Crippen LogP contribution in [0.25, 0.3) is 10.9 Å². The minimum atomic E-state index is 0.306. The molecule has 3 nitrogen and oxygen atoms in total. The Morgan fingerprint density at radius 1 is 1.29 bits per heavy atom. The number of aromatic amines is 1. The normalized spacial score (nSPS) is 10.6. The molecular formula is C11H13NO2. The molecule has 74 valence electrons. The van der Waals surface area contributed by atoms with Crippen molar-refractivity contribution in [1.29, 1.82) is 0 Å². The first kappa shape index (κ1) is 9.09. The Kier molecular flexibility index (Phi) is 2.70. The predicted octanol–water partition coefficient (Wildman–Crippen LogP) is 2.54. The van der Waals surface area contributed by atoms with E-state index in [1.165, 1.54) is 0 Å². The van der Waals surface area contributed by atoms with E-state index in [0.717, 1.165) is 16.7 Å². The molecule has 1 N–H and O–H groups in total. The van der Waals surface area contributed by atoms with E-state index >= 15 is 0 Å². The number of aromatic nitrogens is 1. The number of hydrogen-bond acceptors (Lipinski definition) is 2. The van der Waals surface area contributed by atoms with Crippen LogP contribution >= 0.6 is 0 Å². The SMILES string of the molecule is CCOCOc1cccc2[nH]ccc12. The molecule has 14 heavy (non-hydrogen) atoms. The van der Waals surface area contributed by atoms with Crippen LogP contribution in [0, 0.1) is 0 Å². The Morgan fingerprint density at radius 3 is 3.07 bits per heavy atom. The van der Waals surface area contributed by atoms with E-state index in [-0.39, 0.29) is 0 Å². The van der Waals surface area contributed by atoms with Gasteiger partial charge >= 0.3 is 0 Å². The first-order valence-corrected chi connectivity index (χ1v) is 4.68. The fourth-order valence-electron chi connectivity index (χ4n) is 1.37. The lowest BCUT2D eigenvalue weighted by Gasteiger charge is -2.06. The average molecular weight is 191 g/mol. The molecule has 0 aliphatic rings. The predicted molar refractivity (Wildman–Crippen MR) is 55.4 cm³/mol. The third-order valence-corrected chi connectivity index (χ3v) is 2.06. The van der Waals surface area contributed by atoms with E-state index in [9.17, 15) is 0 Å². The average Bonchev–Trinajstić information content (AvgIpc) is 2.67. The molecule has 0 bridgehead atoms. The lowest BCUT2D eigenvalue weighted by atomic mass is 10.2. The molecule has 3 heteroatoms. The van der Waals surface area contributed by atoms with E-state index in [2.05, 4.69) is 4.98 Å². The zero-order valence-corrected chi connectivity index (χ0v) is 8.12. The van der Waals surface area contributed by atoms with Gasteiger partial charge in [0.1, 0.15) is 5.75 Å². The molecule has 0 amide bonds. The van der Waals surface area contributed by atoms with Crippen LogP contribution in [0.3, 0.4) is 0 Å². The van der Waals surface area contributed by atoms with Crippen molar-refractivity contribution >= 4 is 10.9 Å². The van der Waals surface area contributed by atoms with Crippen molar-refractivity contribution in [3.05, 3.63) is 30.5 Å². The van der Waals surface area contributed by atoms with Gasteiger partial charge in [-0.1, -0.05) is 6.07 Å². The molecule has 0 unspecified atom stereocenters. The van der Waals surface area contributed by atoms with Gasteiger partial charge in [-0.05, 0) is 25.1 Å². The fourth-order valence-corrected chi connectivity index (χ4v) is 1.37. The fraction of sp³-hybridized carbons (Fsp3) is 0.273. The Balaban J connectivity index is 2.19. The summed E-state index contributed by atoms with van der Waals surface area (Å²) in [5.41, 5.74) is 1.08. The lowest BCUT2D eigenvalue weighted by Crippen LogP contribution is -2.01. The van der Waals surface area contributed by atoms with Crippen molar-refractivity contribution in [2.75, 3.05) is 13.4 Å². The van der Waals surface area contributed by atoms with Crippen LogP contribution in [0.15, 0.2) is 30.5 Å². The van der Waals surface area contributed by atoms with Crippen LogP contribution in [0.2, 0.25) is 0 Å². The highest BCUT2D eigenvalue weighted by Gasteiger charge is 2.01. The van der Waals surface area contributed by atoms with Crippen molar-refractivity contribution in [2.24, 2.45) is 0 Å². The quantitative estimate of drug-likeness (QED) is 0.595. The minimum absolute atomic E-state index is 0.306. The topological polar surface area (TPSA) is 34.2 Å².